The van der Waals surface area contributed by atoms with Gasteiger partial charge in [0.1, 0.15) is 12.2 Å². The van der Waals surface area contributed by atoms with Crippen LogP contribution in [0.1, 0.15) is 24.2 Å². The van der Waals surface area contributed by atoms with Gasteiger partial charge in [-0.15, -0.1) is 0 Å². The third kappa shape index (κ3) is 4.43. The summed E-state index contributed by atoms with van der Waals surface area (Å²) >= 11 is 6.04. The Morgan fingerprint density at radius 2 is 1.85 bits per heavy atom. The first-order valence-electron chi connectivity index (χ1n) is 8.21. The van der Waals surface area contributed by atoms with Crippen LogP contribution in [0.4, 0.5) is 13.2 Å². The molecule has 3 rings (SSSR count). The van der Waals surface area contributed by atoms with E-state index in [-0.39, 0.29) is 6.10 Å². The van der Waals surface area contributed by atoms with Crippen molar-refractivity contribution in [3.8, 4) is 11.5 Å². The van der Waals surface area contributed by atoms with Crippen LogP contribution in [-0.2, 0) is 6.18 Å². The standard InChI is InChI=1S/C19H19ClF3NO2/c1-12(13-4-3-5-14(8-13)19(21,22)23)25-17-7-6-15(20)9-18(17)26-16-10-24(2)11-16/h3-9,12,16H,10-11H2,1-2H3/t12-/m0/s1. The first-order valence-corrected chi connectivity index (χ1v) is 8.59. The van der Waals surface area contributed by atoms with Gasteiger partial charge in [-0.2, -0.15) is 13.2 Å². The molecule has 0 spiro atoms. The summed E-state index contributed by atoms with van der Waals surface area (Å²) in [5.41, 5.74) is -0.264. The average molecular weight is 386 g/mol. The van der Waals surface area contributed by atoms with E-state index in [9.17, 15) is 13.2 Å². The van der Waals surface area contributed by atoms with Crippen LogP contribution in [0.15, 0.2) is 42.5 Å². The molecule has 0 radical (unpaired) electrons. The van der Waals surface area contributed by atoms with Gasteiger partial charge in [0.25, 0.3) is 0 Å². The molecule has 0 bridgehead atoms. The molecule has 1 fully saturated rings. The second-order valence-electron chi connectivity index (χ2n) is 6.44. The highest BCUT2D eigenvalue weighted by Gasteiger charge is 2.31. The van der Waals surface area contributed by atoms with Crippen molar-refractivity contribution in [3.63, 3.8) is 0 Å². The van der Waals surface area contributed by atoms with Crippen LogP contribution >= 0.6 is 11.6 Å². The van der Waals surface area contributed by atoms with Crippen LogP contribution < -0.4 is 9.47 Å². The number of hydrogen-bond acceptors (Lipinski definition) is 3. The van der Waals surface area contributed by atoms with E-state index < -0.39 is 17.8 Å². The Bertz CT molecular complexity index is 776. The molecule has 140 valence electrons. The molecule has 0 saturated carbocycles. The number of halogens is 4. The molecule has 0 unspecified atom stereocenters. The van der Waals surface area contributed by atoms with Gasteiger partial charge in [0.2, 0.25) is 0 Å². The van der Waals surface area contributed by atoms with E-state index in [1.54, 1.807) is 31.2 Å². The van der Waals surface area contributed by atoms with Crippen LogP contribution in [0.25, 0.3) is 0 Å². The Labute approximate surface area is 155 Å². The summed E-state index contributed by atoms with van der Waals surface area (Å²) < 4.78 is 50.5. The second kappa shape index (κ2) is 7.37. The maximum absolute atomic E-state index is 12.9. The molecule has 3 nitrogen and oxygen atoms in total. The average Bonchev–Trinajstić information content (AvgIpc) is 2.55. The molecule has 0 N–H and O–H groups in total. The van der Waals surface area contributed by atoms with Crippen LogP contribution in [0.2, 0.25) is 5.02 Å². The Morgan fingerprint density at radius 1 is 1.12 bits per heavy atom. The lowest BCUT2D eigenvalue weighted by molar-refractivity contribution is -0.137. The lowest BCUT2D eigenvalue weighted by Gasteiger charge is -2.36. The molecule has 2 aromatic carbocycles. The zero-order chi connectivity index (χ0) is 18.9. The molecular formula is C19H19ClF3NO2. The number of hydrogen-bond donors (Lipinski definition) is 0. The summed E-state index contributed by atoms with van der Waals surface area (Å²) in [5.74, 6) is 0.947. The first kappa shape index (κ1) is 18.9. The predicted octanol–water partition coefficient (Wildman–Crippen LogP) is 5.19. The maximum Gasteiger partial charge on any atom is 0.416 e. The van der Waals surface area contributed by atoms with Crippen molar-refractivity contribution in [2.24, 2.45) is 0 Å². The molecular weight excluding hydrogens is 367 g/mol. The summed E-state index contributed by atoms with van der Waals surface area (Å²) in [7, 11) is 1.99. The van der Waals surface area contributed by atoms with E-state index in [1.807, 2.05) is 7.05 Å². The molecule has 1 aliphatic heterocycles. The highest BCUT2D eigenvalue weighted by Crippen LogP contribution is 2.36. The molecule has 1 heterocycles. The topological polar surface area (TPSA) is 21.7 Å². The zero-order valence-corrected chi connectivity index (χ0v) is 15.1. The molecule has 1 aliphatic rings. The van der Waals surface area contributed by atoms with Crippen molar-refractivity contribution in [3.05, 3.63) is 58.6 Å². The smallest absolute Gasteiger partial charge is 0.416 e. The van der Waals surface area contributed by atoms with Gasteiger partial charge in [-0.25, -0.2) is 0 Å². The van der Waals surface area contributed by atoms with Gasteiger partial charge in [-0.3, -0.25) is 4.90 Å². The van der Waals surface area contributed by atoms with Crippen LogP contribution in [0, 0.1) is 0 Å². The maximum atomic E-state index is 12.9. The van der Waals surface area contributed by atoms with Gasteiger partial charge in [0, 0.05) is 24.2 Å². The fourth-order valence-corrected chi connectivity index (χ4v) is 2.96. The number of likely N-dealkylation sites (tertiary alicyclic amines) is 1. The molecule has 1 saturated heterocycles. The van der Waals surface area contributed by atoms with E-state index >= 15 is 0 Å². The monoisotopic (exact) mass is 385 g/mol. The summed E-state index contributed by atoms with van der Waals surface area (Å²) in [5, 5.41) is 0.506. The minimum absolute atomic E-state index is 0.0460. The largest absolute Gasteiger partial charge is 0.484 e. The van der Waals surface area contributed by atoms with Crippen molar-refractivity contribution < 1.29 is 22.6 Å². The zero-order valence-electron chi connectivity index (χ0n) is 14.4. The minimum Gasteiger partial charge on any atom is -0.484 e. The number of ether oxygens (including phenoxy) is 2. The summed E-state index contributed by atoms with van der Waals surface area (Å²) in [6.07, 6.45) is -4.92. The molecule has 0 amide bonds. The van der Waals surface area contributed by atoms with Crippen molar-refractivity contribution in [2.75, 3.05) is 20.1 Å². The Balaban J connectivity index is 1.78. The minimum atomic E-state index is -4.39. The molecule has 7 heteroatoms. The highest BCUT2D eigenvalue weighted by molar-refractivity contribution is 6.30. The Morgan fingerprint density at radius 3 is 2.50 bits per heavy atom. The van der Waals surface area contributed by atoms with Crippen LogP contribution in [0.5, 0.6) is 11.5 Å². The van der Waals surface area contributed by atoms with Gasteiger partial charge in [0.05, 0.1) is 5.56 Å². The number of likely N-dealkylation sites (N-methyl/N-ethyl adjacent to an activating group) is 1. The van der Waals surface area contributed by atoms with Crippen LogP contribution in [0.3, 0.4) is 0 Å². The highest BCUT2D eigenvalue weighted by atomic mass is 35.5. The van der Waals surface area contributed by atoms with Gasteiger partial charge in [-0.1, -0.05) is 23.7 Å². The van der Waals surface area contributed by atoms with E-state index in [4.69, 9.17) is 21.1 Å². The van der Waals surface area contributed by atoms with E-state index in [0.717, 1.165) is 25.2 Å². The van der Waals surface area contributed by atoms with Crippen molar-refractivity contribution in [1.82, 2.24) is 4.90 Å². The molecule has 26 heavy (non-hydrogen) atoms. The lowest BCUT2D eigenvalue weighted by Crippen LogP contribution is -2.51. The van der Waals surface area contributed by atoms with Gasteiger partial charge >= 0.3 is 6.18 Å². The van der Waals surface area contributed by atoms with Crippen molar-refractivity contribution >= 4 is 11.6 Å². The quantitative estimate of drug-likeness (QED) is 0.706. The summed E-state index contributed by atoms with van der Waals surface area (Å²) in [4.78, 5) is 2.11. The van der Waals surface area contributed by atoms with E-state index in [1.165, 1.54) is 6.07 Å². The third-order valence-electron chi connectivity index (χ3n) is 4.22. The SMILES string of the molecule is C[C@H](Oc1ccc(Cl)cc1OC1CN(C)C1)c1cccc(C(F)(F)F)c1. The van der Waals surface area contributed by atoms with Gasteiger partial charge in [-0.05, 0) is 43.8 Å². The number of benzene rings is 2. The molecule has 0 aromatic heterocycles. The number of nitrogens with zero attached hydrogens (tertiary/aromatic N) is 1. The molecule has 1 atom stereocenters. The molecule has 2 aromatic rings. The fraction of sp³-hybridized carbons (Fsp3) is 0.368. The van der Waals surface area contributed by atoms with Gasteiger partial charge < -0.3 is 9.47 Å². The number of rotatable bonds is 5. The fourth-order valence-electron chi connectivity index (χ4n) is 2.79. The summed E-state index contributed by atoms with van der Waals surface area (Å²) in [6.45, 7) is 3.30. The normalized spacial score (nSPS) is 16.8. The van der Waals surface area contributed by atoms with Crippen molar-refractivity contribution in [2.45, 2.75) is 25.3 Å². The lowest BCUT2D eigenvalue weighted by atomic mass is 10.1. The third-order valence-corrected chi connectivity index (χ3v) is 4.45. The van der Waals surface area contributed by atoms with E-state index in [2.05, 4.69) is 4.90 Å². The predicted molar refractivity (Wildman–Crippen MR) is 93.9 cm³/mol. The Kier molecular flexibility index (Phi) is 5.34. The molecule has 0 aliphatic carbocycles. The van der Waals surface area contributed by atoms with Crippen LogP contribution in [-0.4, -0.2) is 31.1 Å². The Hall–Kier alpha value is -1.92. The second-order valence-corrected chi connectivity index (χ2v) is 6.87. The van der Waals surface area contributed by atoms with E-state index in [0.29, 0.717) is 22.1 Å². The first-order chi connectivity index (χ1) is 12.2. The number of alkyl halides is 3. The summed E-state index contributed by atoms with van der Waals surface area (Å²) in [6, 6.07) is 10.1. The van der Waals surface area contributed by atoms with Crippen molar-refractivity contribution in [1.29, 1.82) is 0 Å². The van der Waals surface area contributed by atoms with Gasteiger partial charge in [0.15, 0.2) is 11.5 Å².